The molecule has 1 fully saturated rings. The molecule has 1 heterocycles. The number of nitrogens with zero attached hydrogens (tertiary/aromatic N) is 1. The number of amides is 2. The summed E-state index contributed by atoms with van der Waals surface area (Å²) in [4.78, 5) is 25.7. The molecule has 1 saturated heterocycles. The molecule has 31 heavy (non-hydrogen) atoms. The van der Waals surface area contributed by atoms with E-state index in [1.165, 1.54) is 19.2 Å². The molecule has 1 aliphatic heterocycles. The summed E-state index contributed by atoms with van der Waals surface area (Å²) >= 11 is 0. The lowest BCUT2D eigenvalue weighted by molar-refractivity contribution is -0.137. The highest BCUT2D eigenvalue weighted by Gasteiger charge is 2.37. The zero-order chi connectivity index (χ0) is 22.6. The maximum atomic E-state index is 13.0. The van der Waals surface area contributed by atoms with E-state index in [2.05, 4.69) is 11.9 Å². The molecule has 0 bridgehead atoms. The molecule has 3 rings (SSSR count). The topological polar surface area (TPSA) is 58.6 Å². The largest absolute Gasteiger partial charge is 0.416 e. The van der Waals surface area contributed by atoms with E-state index in [9.17, 15) is 22.8 Å². The Hall–Kier alpha value is -3.13. The van der Waals surface area contributed by atoms with Gasteiger partial charge >= 0.3 is 6.18 Å². The van der Waals surface area contributed by atoms with Crippen molar-refractivity contribution in [1.82, 2.24) is 10.2 Å². The number of benzene rings is 2. The number of rotatable bonds is 6. The van der Waals surface area contributed by atoms with E-state index in [-0.39, 0.29) is 30.9 Å². The lowest BCUT2D eigenvalue weighted by Crippen LogP contribution is -2.28. The van der Waals surface area contributed by atoms with Crippen molar-refractivity contribution in [2.75, 3.05) is 20.1 Å². The van der Waals surface area contributed by atoms with Gasteiger partial charge < -0.3 is 15.0 Å². The van der Waals surface area contributed by atoms with Gasteiger partial charge in [-0.3, -0.25) is 9.59 Å². The second-order valence-corrected chi connectivity index (χ2v) is 7.31. The lowest BCUT2D eigenvalue weighted by Gasteiger charge is -2.20. The van der Waals surface area contributed by atoms with Crippen molar-refractivity contribution < 1.29 is 27.5 Å². The van der Waals surface area contributed by atoms with Crippen LogP contribution in [0, 0.1) is 0 Å². The Bertz CT molecular complexity index is 975. The molecule has 0 saturated carbocycles. The number of likely N-dealkylation sites (tertiary alicyclic amines) is 1. The van der Waals surface area contributed by atoms with Gasteiger partial charge in [-0.1, -0.05) is 30.8 Å². The van der Waals surface area contributed by atoms with E-state index in [1.807, 2.05) is 6.07 Å². The Kier molecular flexibility index (Phi) is 6.80. The Labute approximate surface area is 178 Å². The van der Waals surface area contributed by atoms with Crippen molar-refractivity contribution in [2.45, 2.75) is 24.8 Å². The van der Waals surface area contributed by atoms with Crippen LogP contribution >= 0.6 is 0 Å². The van der Waals surface area contributed by atoms with Gasteiger partial charge in [0.15, 0.2) is 0 Å². The number of ether oxygens (including phenoxy) is 1. The molecule has 2 aromatic carbocycles. The van der Waals surface area contributed by atoms with Gasteiger partial charge in [0.1, 0.15) is 0 Å². The molecule has 8 heteroatoms. The van der Waals surface area contributed by atoms with Crippen molar-refractivity contribution in [3.63, 3.8) is 0 Å². The first-order chi connectivity index (χ1) is 14.7. The van der Waals surface area contributed by atoms with E-state index < -0.39 is 17.8 Å². The Morgan fingerprint density at radius 3 is 2.61 bits per heavy atom. The van der Waals surface area contributed by atoms with Crippen LogP contribution in [0.15, 0.2) is 61.2 Å². The Morgan fingerprint density at radius 2 is 1.94 bits per heavy atom. The first-order valence-corrected chi connectivity index (χ1v) is 9.74. The number of nitrogens with one attached hydrogen (secondary N) is 1. The van der Waals surface area contributed by atoms with Crippen LogP contribution in [0.5, 0.6) is 0 Å². The van der Waals surface area contributed by atoms with E-state index in [4.69, 9.17) is 4.74 Å². The molecular formula is C23H23F3N2O3. The fourth-order valence-electron chi connectivity index (χ4n) is 3.67. The summed E-state index contributed by atoms with van der Waals surface area (Å²) in [6, 6.07) is 12.0. The Morgan fingerprint density at radius 1 is 1.19 bits per heavy atom. The van der Waals surface area contributed by atoms with Crippen LogP contribution in [0.1, 0.15) is 33.0 Å². The number of alkyl halides is 3. The predicted octanol–water partition coefficient (Wildman–Crippen LogP) is 3.76. The van der Waals surface area contributed by atoms with Gasteiger partial charge in [-0.25, -0.2) is 0 Å². The molecule has 0 unspecified atom stereocenters. The average molecular weight is 432 g/mol. The van der Waals surface area contributed by atoms with E-state index in [1.54, 1.807) is 29.2 Å². The van der Waals surface area contributed by atoms with Crippen molar-refractivity contribution in [1.29, 1.82) is 0 Å². The predicted molar refractivity (Wildman–Crippen MR) is 109 cm³/mol. The van der Waals surface area contributed by atoms with Crippen LogP contribution in [-0.2, 0) is 22.3 Å². The number of hydrogen-bond donors (Lipinski definition) is 1. The van der Waals surface area contributed by atoms with Crippen LogP contribution in [0.4, 0.5) is 13.2 Å². The molecule has 2 atom stereocenters. The molecule has 2 amide bonds. The SMILES string of the molecule is C=CC(=O)N1C[C@@H](OCc2cccc(C(F)(F)F)c2)[C@H](c2cccc(C(=O)NC)c2)C1. The first-order valence-electron chi connectivity index (χ1n) is 9.74. The van der Waals surface area contributed by atoms with Crippen molar-refractivity contribution in [3.8, 4) is 0 Å². The Balaban J connectivity index is 1.82. The molecule has 0 aliphatic carbocycles. The van der Waals surface area contributed by atoms with Crippen molar-refractivity contribution in [2.24, 2.45) is 0 Å². The molecule has 1 aliphatic rings. The standard InChI is InChI=1S/C23H23F3N2O3/c1-3-21(29)28-12-19(16-7-5-8-17(11-16)22(30)27-2)20(13-28)31-14-15-6-4-9-18(10-15)23(24,25)26/h3-11,19-20H,1,12-14H2,2H3,(H,27,30)/t19-,20+/m0/s1. The summed E-state index contributed by atoms with van der Waals surface area (Å²) in [6.07, 6.45) is -3.66. The van der Waals surface area contributed by atoms with Gasteiger partial charge in [0.25, 0.3) is 5.91 Å². The van der Waals surface area contributed by atoms with Crippen LogP contribution in [0.25, 0.3) is 0 Å². The third kappa shape index (κ3) is 5.32. The molecule has 164 valence electrons. The molecular weight excluding hydrogens is 409 g/mol. The highest BCUT2D eigenvalue weighted by Crippen LogP contribution is 2.33. The van der Waals surface area contributed by atoms with Gasteiger partial charge in [0.2, 0.25) is 5.91 Å². The summed E-state index contributed by atoms with van der Waals surface area (Å²) in [6.45, 7) is 4.11. The highest BCUT2D eigenvalue weighted by molar-refractivity contribution is 5.94. The molecule has 5 nitrogen and oxygen atoms in total. The first kappa shape index (κ1) is 22.6. The second kappa shape index (κ2) is 9.34. The molecule has 0 spiro atoms. The fourth-order valence-corrected chi connectivity index (χ4v) is 3.67. The highest BCUT2D eigenvalue weighted by atomic mass is 19.4. The minimum Gasteiger partial charge on any atom is -0.371 e. The van der Waals surface area contributed by atoms with E-state index >= 15 is 0 Å². The monoisotopic (exact) mass is 432 g/mol. The molecule has 0 radical (unpaired) electrons. The zero-order valence-corrected chi connectivity index (χ0v) is 17.0. The van der Waals surface area contributed by atoms with Crippen LogP contribution in [0.3, 0.4) is 0 Å². The summed E-state index contributed by atoms with van der Waals surface area (Å²) in [5, 5.41) is 2.57. The maximum absolute atomic E-state index is 13.0. The summed E-state index contributed by atoms with van der Waals surface area (Å²) < 4.78 is 44.9. The zero-order valence-electron chi connectivity index (χ0n) is 17.0. The number of hydrogen-bond acceptors (Lipinski definition) is 3. The molecule has 0 aromatic heterocycles. The van der Waals surface area contributed by atoms with Gasteiger partial charge in [-0.15, -0.1) is 0 Å². The summed E-state index contributed by atoms with van der Waals surface area (Å²) in [5.41, 5.74) is 0.944. The van der Waals surface area contributed by atoms with Crippen molar-refractivity contribution in [3.05, 3.63) is 83.4 Å². The van der Waals surface area contributed by atoms with Crippen LogP contribution < -0.4 is 5.32 Å². The fraction of sp³-hybridized carbons (Fsp3) is 0.304. The third-order valence-electron chi connectivity index (χ3n) is 5.27. The minimum atomic E-state index is -4.43. The van der Waals surface area contributed by atoms with Gasteiger partial charge in [-0.05, 0) is 41.5 Å². The van der Waals surface area contributed by atoms with Crippen molar-refractivity contribution >= 4 is 11.8 Å². The lowest BCUT2D eigenvalue weighted by atomic mass is 9.94. The minimum absolute atomic E-state index is 0.0314. The number of carbonyl (C=O) groups excluding carboxylic acids is 2. The molecule has 2 aromatic rings. The van der Waals surface area contributed by atoms with E-state index in [0.29, 0.717) is 17.7 Å². The number of carbonyl (C=O) groups is 2. The average Bonchev–Trinajstić information content (AvgIpc) is 3.20. The summed E-state index contributed by atoms with van der Waals surface area (Å²) in [5.74, 6) is -0.725. The number of halogens is 3. The van der Waals surface area contributed by atoms with Gasteiger partial charge in [-0.2, -0.15) is 13.2 Å². The van der Waals surface area contributed by atoms with Crippen LogP contribution in [-0.4, -0.2) is 43.0 Å². The van der Waals surface area contributed by atoms with Gasteiger partial charge in [0, 0.05) is 31.6 Å². The smallest absolute Gasteiger partial charge is 0.371 e. The van der Waals surface area contributed by atoms with E-state index in [0.717, 1.165) is 17.7 Å². The normalized spacial score (nSPS) is 18.6. The maximum Gasteiger partial charge on any atom is 0.416 e. The molecule has 1 N–H and O–H groups in total. The second-order valence-electron chi connectivity index (χ2n) is 7.31. The third-order valence-corrected chi connectivity index (χ3v) is 5.27. The quantitative estimate of drug-likeness (QED) is 0.708. The van der Waals surface area contributed by atoms with Crippen LogP contribution in [0.2, 0.25) is 0 Å². The van der Waals surface area contributed by atoms with Gasteiger partial charge in [0.05, 0.1) is 18.3 Å². The summed E-state index contributed by atoms with van der Waals surface area (Å²) in [7, 11) is 1.54.